The van der Waals surface area contributed by atoms with Crippen molar-refractivity contribution in [2.45, 2.75) is 12.8 Å². The fourth-order valence-corrected chi connectivity index (χ4v) is 2.96. The molecule has 0 aliphatic carbocycles. The van der Waals surface area contributed by atoms with Crippen LogP contribution in [0.2, 0.25) is 10.0 Å². The van der Waals surface area contributed by atoms with Gasteiger partial charge < -0.3 is 5.32 Å². The Labute approximate surface area is 156 Å². The predicted octanol–water partition coefficient (Wildman–Crippen LogP) is 4.08. The SMILES string of the molecule is O=C(Cc1ccc(Cl)cc1Cl)NCCc1ccc(-n2cccn2)cc1. The molecular formula is C19H17Cl2N3O. The molecular weight excluding hydrogens is 357 g/mol. The molecule has 3 aromatic rings. The van der Waals surface area contributed by atoms with Crippen LogP contribution in [0.3, 0.4) is 0 Å². The lowest BCUT2D eigenvalue weighted by Crippen LogP contribution is -2.27. The van der Waals surface area contributed by atoms with Crippen molar-refractivity contribution in [3.05, 3.63) is 82.1 Å². The van der Waals surface area contributed by atoms with E-state index >= 15 is 0 Å². The topological polar surface area (TPSA) is 46.9 Å². The zero-order chi connectivity index (χ0) is 17.6. The van der Waals surface area contributed by atoms with Gasteiger partial charge in [0.25, 0.3) is 0 Å². The van der Waals surface area contributed by atoms with E-state index in [4.69, 9.17) is 23.2 Å². The van der Waals surface area contributed by atoms with E-state index in [1.54, 1.807) is 29.1 Å². The number of carbonyl (C=O) groups excluding carboxylic acids is 1. The average molecular weight is 374 g/mol. The predicted molar refractivity (Wildman–Crippen MR) is 100 cm³/mol. The molecule has 1 heterocycles. The smallest absolute Gasteiger partial charge is 0.224 e. The van der Waals surface area contributed by atoms with Gasteiger partial charge >= 0.3 is 0 Å². The van der Waals surface area contributed by atoms with Crippen LogP contribution in [0.15, 0.2) is 60.9 Å². The van der Waals surface area contributed by atoms with Gasteiger partial charge in [0.1, 0.15) is 0 Å². The van der Waals surface area contributed by atoms with Gasteiger partial charge in [0.05, 0.1) is 12.1 Å². The first kappa shape index (κ1) is 17.5. The Morgan fingerprint density at radius 2 is 1.92 bits per heavy atom. The molecule has 0 aliphatic heterocycles. The number of hydrogen-bond donors (Lipinski definition) is 1. The molecule has 0 saturated heterocycles. The lowest BCUT2D eigenvalue weighted by molar-refractivity contribution is -0.120. The second-order valence-corrected chi connectivity index (χ2v) is 6.47. The van der Waals surface area contributed by atoms with Crippen molar-refractivity contribution in [1.29, 1.82) is 0 Å². The number of hydrogen-bond acceptors (Lipinski definition) is 2. The second-order valence-electron chi connectivity index (χ2n) is 5.63. The van der Waals surface area contributed by atoms with Crippen molar-refractivity contribution in [1.82, 2.24) is 15.1 Å². The summed E-state index contributed by atoms with van der Waals surface area (Å²) in [6.07, 6.45) is 4.65. The lowest BCUT2D eigenvalue weighted by atomic mass is 10.1. The molecule has 0 fully saturated rings. The second kappa shape index (κ2) is 8.19. The summed E-state index contributed by atoms with van der Waals surface area (Å²) in [6.45, 7) is 0.575. The number of benzene rings is 2. The molecule has 25 heavy (non-hydrogen) atoms. The highest BCUT2D eigenvalue weighted by atomic mass is 35.5. The number of nitrogens with one attached hydrogen (secondary N) is 1. The lowest BCUT2D eigenvalue weighted by Gasteiger charge is -2.08. The number of aromatic nitrogens is 2. The van der Waals surface area contributed by atoms with Gasteiger partial charge in [0.15, 0.2) is 0 Å². The summed E-state index contributed by atoms with van der Waals surface area (Å²) in [7, 11) is 0. The monoisotopic (exact) mass is 373 g/mol. The van der Waals surface area contributed by atoms with E-state index in [2.05, 4.69) is 10.4 Å². The van der Waals surface area contributed by atoms with E-state index in [1.165, 1.54) is 0 Å². The standard InChI is InChI=1S/C19H17Cl2N3O/c20-16-5-4-15(18(21)13-16)12-19(25)22-10-8-14-2-6-17(7-3-14)24-11-1-9-23-24/h1-7,9,11,13H,8,10,12H2,(H,22,25). The molecule has 1 N–H and O–H groups in total. The van der Waals surface area contributed by atoms with Crippen LogP contribution in [-0.2, 0) is 17.6 Å². The normalized spacial score (nSPS) is 10.6. The molecule has 0 saturated carbocycles. The molecule has 1 amide bonds. The highest BCUT2D eigenvalue weighted by Gasteiger charge is 2.07. The summed E-state index contributed by atoms with van der Waals surface area (Å²) >= 11 is 11.9. The molecule has 0 atom stereocenters. The Hall–Kier alpha value is -2.30. The third-order valence-corrected chi connectivity index (χ3v) is 4.39. The van der Waals surface area contributed by atoms with Crippen LogP contribution in [0, 0.1) is 0 Å². The first-order valence-electron chi connectivity index (χ1n) is 7.91. The summed E-state index contributed by atoms with van der Waals surface area (Å²) < 4.78 is 1.81. The maximum Gasteiger partial charge on any atom is 0.224 e. The minimum absolute atomic E-state index is 0.0580. The minimum atomic E-state index is -0.0580. The first-order chi connectivity index (χ1) is 12.1. The molecule has 6 heteroatoms. The van der Waals surface area contributed by atoms with Crippen LogP contribution in [0.1, 0.15) is 11.1 Å². The molecule has 4 nitrogen and oxygen atoms in total. The van der Waals surface area contributed by atoms with Gasteiger partial charge in [-0.3, -0.25) is 4.79 Å². The van der Waals surface area contributed by atoms with E-state index in [-0.39, 0.29) is 12.3 Å². The van der Waals surface area contributed by atoms with Gasteiger partial charge in [0.2, 0.25) is 5.91 Å². The number of amides is 1. The summed E-state index contributed by atoms with van der Waals surface area (Å²) in [5.41, 5.74) is 2.93. The molecule has 128 valence electrons. The number of halogens is 2. The number of carbonyl (C=O) groups is 1. The zero-order valence-corrected chi connectivity index (χ0v) is 15.0. The summed E-state index contributed by atoms with van der Waals surface area (Å²) in [6, 6.07) is 15.1. The van der Waals surface area contributed by atoms with Crippen LogP contribution in [0.25, 0.3) is 5.69 Å². The maximum absolute atomic E-state index is 12.0. The highest BCUT2D eigenvalue weighted by Crippen LogP contribution is 2.21. The third-order valence-electron chi connectivity index (χ3n) is 3.81. The van der Waals surface area contributed by atoms with Crippen LogP contribution in [0.5, 0.6) is 0 Å². The fourth-order valence-electron chi connectivity index (χ4n) is 2.48. The maximum atomic E-state index is 12.0. The van der Waals surface area contributed by atoms with Crippen molar-refractivity contribution in [3.63, 3.8) is 0 Å². The zero-order valence-electron chi connectivity index (χ0n) is 13.5. The Morgan fingerprint density at radius 3 is 2.60 bits per heavy atom. The molecule has 0 aliphatic rings. The molecule has 2 aromatic carbocycles. The van der Waals surface area contributed by atoms with E-state index < -0.39 is 0 Å². The summed E-state index contributed by atoms with van der Waals surface area (Å²) in [5.74, 6) is -0.0580. The van der Waals surface area contributed by atoms with Crippen LogP contribution < -0.4 is 5.32 Å². The number of rotatable bonds is 6. The highest BCUT2D eigenvalue weighted by molar-refractivity contribution is 6.35. The van der Waals surface area contributed by atoms with E-state index in [0.29, 0.717) is 16.6 Å². The van der Waals surface area contributed by atoms with E-state index in [1.807, 2.05) is 36.5 Å². The first-order valence-corrected chi connectivity index (χ1v) is 8.67. The van der Waals surface area contributed by atoms with Gasteiger partial charge in [-0.25, -0.2) is 4.68 Å². The van der Waals surface area contributed by atoms with Crippen molar-refractivity contribution in [2.75, 3.05) is 6.54 Å². The van der Waals surface area contributed by atoms with E-state index in [9.17, 15) is 4.79 Å². The Kier molecular flexibility index (Phi) is 5.74. The van der Waals surface area contributed by atoms with Crippen molar-refractivity contribution in [3.8, 4) is 5.69 Å². The Morgan fingerprint density at radius 1 is 1.12 bits per heavy atom. The Bertz CT molecular complexity index is 846. The van der Waals surface area contributed by atoms with Gasteiger partial charge in [-0.2, -0.15) is 5.10 Å². The largest absolute Gasteiger partial charge is 0.355 e. The molecule has 0 bridgehead atoms. The van der Waals surface area contributed by atoms with Crippen LogP contribution in [0.4, 0.5) is 0 Å². The Balaban J connectivity index is 1.48. The summed E-state index contributed by atoms with van der Waals surface area (Å²) in [5, 5.41) is 8.18. The summed E-state index contributed by atoms with van der Waals surface area (Å²) in [4.78, 5) is 12.0. The van der Waals surface area contributed by atoms with Crippen molar-refractivity contribution < 1.29 is 4.79 Å². The van der Waals surface area contributed by atoms with Crippen LogP contribution >= 0.6 is 23.2 Å². The quantitative estimate of drug-likeness (QED) is 0.707. The van der Waals surface area contributed by atoms with Crippen molar-refractivity contribution >= 4 is 29.1 Å². The van der Waals surface area contributed by atoms with Gasteiger partial charge in [-0.15, -0.1) is 0 Å². The van der Waals surface area contributed by atoms with Crippen molar-refractivity contribution in [2.24, 2.45) is 0 Å². The average Bonchev–Trinajstić information content (AvgIpc) is 3.13. The van der Waals surface area contributed by atoms with Crippen LogP contribution in [-0.4, -0.2) is 22.2 Å². The molecule has 0 radical (unpaired) electrons. The molecule has 3 rings (SSSR count). The molecule has 1 aromatic heterocycles. The molecule has 0 spiro atoms. The third kappa shape index (κ3) is 4.84. The minimum Gasteiger partial charge on any atom is -0.355 e. The van der Waals surface area contributed by atoms with E-state index in [0.717, 1.165) is 23.2 Å². The van der Waals surface area contributed by atoms with Gasteiger partial charge in [0, 0.05) is 29.0 Å². The van der Waals surface area contributed by atoms with Gasteiger partial charge in [-0.1, -0.05) is 41.4 Å². The fraction of sp³-hybridized carbons (Fsp3) is 0.158. The number of nitrogens with zero attached hydrogens (tertiary/aromatic N) is 2. The molecule has 0 unspecified atom stereocenters. The van der Waals surface area contributed by atoms with Gasteiger partial charge in [-0.05, 0) is 47.9 Å².